The zero-order valence-corrected chi connectivity index (χ0v) is 12.5. The van der Waals surface area contributed by atoms with Gasteiger partial charge in [0, 0.05) is 6.20 Å². The summed E-state index contributed by atoms with van der Waals surface area (Å²) in [5.41, 5.74) is 9.32. The number of nitrogens with zero attached hydrogens (tertiary/aromatic N) is 3. The van der Waals surface area contributed by atoms with Crippen LogP contribution in [-0.2, 0) is 0 Å². The van der Waals surface area contributed by atoms with Crippen molar-refractivity contribution >= 4 is 16.6 Å². The van der Waals surface area contributed by atoms with Crippen molar-refractivity contribution in [1.29, 1.82) is 0 Å². The lowest BCUT2D eigenvalue weighted by atomic mass is 10.2. The first-order valence-electron chi connectivity index (χ1n) is 7.25. The fraction of sp³-hybridized carbons (Fsp3) is 0.188. The first kappa shape index (κ1) is 15.1. The van der Waals surface area contributed by atoms with Gasteiger partial charge in [0.15, 0.2) is 0 Å². The van der Waals surface area contributed by atoms with Gasteiger partial charge in [0.25, 0.3) is 5.56 Å². The fourth-order valence-corrected chi connectivity index (χ4v) is 2.30. The maximum atomic E-state index is 14.1. The highest BCUT2D eigenvalue weighted by atomic mass is 19.1. The number of fused-ring (bicyclic) bond motifs is 1. The molecule has 1 atom stereocenters. The topological polar surface area (TPSA) is 85.8 Å². The standard InChI is InChI=1S/C16H16FN5O/c1-2-12(18)15-20-13-7-3-6-11(17)14(13)16(23)22(15)21-10-5-4-8-19-9-10/h3-9,12,21H,2,18H2,1H3/t12-/m0/s1. The third kappa shape index (κ3) is 2.78. The van der Waals surface area contributed by atoms with Crippen molar-refractivity contribution in [1.82, 2.24) is 14.6 Å². The lowest BCUT2D eigenvalue weighted by molar-refractivity contribution is 0.601. The van der Waals surface area contributed by atoms with E-state index in [4.69, 9.17) is 5.73 Å². The Bertz CT molecular complexity index is 894. The largest absolute Gasteiger partial charge is 0.321 e. The van der Waals surface area contributed by atoms with Crippen LogP contribution in [0.2, 0.25) is 0 Å². The zero-order valence-electron chi connectivity index (χ0n) is 12.5. The molecule has 7 heteroatoms. The second-order valence-electron chi connectivity index (χ2n) is 5.11. The van der Waals surface area contributed by atoms with Crippen LogP contribution >= 0.6 is 0 Å². The Morgan fingerprint density at radius 2 is 2.17 bits per heavy atom. The van der Waals surface area contributed by atoms with Gasteiger partial charge >= 0.3 is 0 Å². The van der Waals surface area contributed by atoms with Gasteiger partial charge in [-0.25, -0.2) is 14.1 Å². The van der Waals surface area contributed by atoms with Gasteiger partial charge in [-0.3, -0.25) is 15.2 Å². The van der Waals surface area contributed by atoms with Gasteiger partial charge in [-0.05, 0) is 30.7 Å². The summed E-state index contributed by atoms with van der Waals surface area (Å²) < 4.78 is 15.2. The number of aromatic nitrogens is 3. The van der Waals surface area contributed by atoms with Crippen LogP contribution in [0.5, 0.6) is 0 Å². The molecule has 0 saturated carbocycles. The predicted octanol–water partition coefficient (Wildman–Crippen LogP) is 2.22. The molecule has 0 amide bonds. The average molecular weight is 313 g/mol. The van der Waals surface area contributed by atoms with Crippen LogP contribution in [0.3, 0.4) is 0 Å². The molecule has 0 radical (unpaired) electrons. The van der Waals surface area contributed by atoms with E-state index in [1.807, 2.05) is 6.92 Å². The monoisotopic (exact) mass is 313 g/mol. The average Bonchev–Trinajstić information content (AvgIpc) is 2.57. The number of nitrogens with one attached hydrogen (secondary N) is 1. The number of hydrogen-bond acceptors (Lipinski definition) is 5. The highest BCUT2D eigenvalue weighted by molar-refractivity contribution is 5.78. The van der Waals surface area contributed by atoms with Gasteiger partial charge in [-0.2, -0.15) is 0 Å². The molecule has 118 valence electrons. The molecule has 23 heavy (non-hydrogen) atoms. The molecule has 0 aliphatic rings. The van der Waals surface area contributed by atoms with Crippen molar-refractivity contribution < 1.29 is 4.39 Å². The van der Waals surface area contributed by atoms with Crippen molar-refractivity contribution in [3.05, 3.63) is 64.7 Å². The summed E-state index contributed by atoms with van der Waals surface area (Å²) in [5.74, 6) is -0.266. The lowest BCUT2D eigenvalue weighted by Gasteiger charge is -2.18. The van der Waals surface area contributed by atoms with E-state index in [9.17, 15) is 9.18 Å². The number of nitrogens with two attached hydrogens (primary N) is 1. The molecule has 0 aliphatic carbocycles. The van der Waals surface area contributed by atoms with Gasteiger partial charge in [-0.1, -0.05) is 13.0 Å². The van der Waals surface area contributed by atoms with E-state index in [1.54, 1.807) is 30.6 Å². The van der Waals surface area contributed by atoms with Crippen molar-refractivity contribution in [2.24, 2.45) is 5.73 Å². The summed E-state index contributed by atoms with van der Waals surface area (Å²) in [4.78, 5) is 21.1. The molecule has 2 heterocycles. The number of pyridine rings is 1. The SMILES string of the molecule is CC[C@H](N)c1nc2cccc(F)c2c(=O)n1Nc1cccnc1. The van der Waals surface area contributed by atoms with Crippen molar-refractivity contribution in [2.75, 3.05) is 5.43 Å². The van der Waals surface area contributed by atoms with E-state index in [2.05, 4.69) is 15.4 Å². The van der Waals surface area contributed by atoms with Crippen LogP contribution in [0.25, 0.3) is 10.9 Å². The first-order valence-corrected chi connectivity index (χ1v) is 7.25. The number of halogens is 1. The Morgan fingerprint density at radius 3 is 2.87 bits per heavy atom. The normalized spacial score (nSPS) is 12.3. The van der Waals surface area contributed by atoms with Gasteiger partial charge < -0.3 is 5.73 Å². The minimum atomic E-state index is -0.613. The van der Waals surface area contributed by atoms with E-state index >= 15 is 0 Å². The Hall–Kier alpha value is -2.80. The number of anilines is 1. The number of hydrogen-bond donors (Lipinski definition) is 2. The molecule has 0 saturated heterocycles. The van der Waals surface area contributed by atoms with E-state index in [0.29, 0.717) is 17.9 Å². The second kappa shape index (κ2) is 6.13. The van der Waals surface area contributed by atoms with Crippen LogP contribution in [0, 0.1) is 5.82 Å². The van der Waals surface area contributed by atoms with E-state index < -0.39 is 17.4 Å². The Labute approximate surface area is 131 Å². The summed E-state index contributed by atoms with van der Waals surface area (Å²) >= 11 is 0. The van der Waals surface area contributed by atoms with Crippen molar-refractivity contribution in [2.45, 2.75) is 19.4 Å². The number of rotatable bonds is 4. The third-order valence-corrected chi connectivity index (χ3v) is 3.55. The van der Waals surface area contributed by atoms with Gasteiger partial charge in [0.05, 0.1) is 23.4 Å². The van der Waals surface area contributed by atoms with Crippen LogP contribution in [-0.4, -0.2) is 14.6 Å². The van der Waals surface area contributed by atoms with Crippen molar-refractivity contribution in [3.8, 4) is 0 Å². The summed E-state index contributed by atoms with van der Waals surface area (Å²) in [5, 5.41) is -0.0732. The Morgan fingerprint density at radius 1 is 1.35 bits per heavy atom. The van der Waals surface area contributed by atoms with Crippen LogP contribution in [0.1, 0.15) is 25.2 Å². The molecule has 0 unspecified atom stereocenters. The summed E-state index contributed by atoms with van der Waals surface area (Å²) in [7, 11) is 0. The van der Waals surface area contributed by atoms with Gasteiger partial charge in [0.1, 0.15) is 17.0 Å². The Balaban J connectivity index is 2.26. The van der Waals surface area contributed by atoms with E-state index in [1.165, 1.54) is 16.8 Å². The molecular weight excluding hydrogens is 297 g/mol. The van der Waals surface area contributed by atoms with Crippen molar-refractivity contribution in [3.63, 3.8) is 0 Å². The number of benzene rings is 1. The molecule has 1 aromatic carbocycles. The zero-order chi connectivity index (χ0) is 16.4. The molecule has 3 aromatic rings. The maximum absolute atomic E-state index is 14.1. The van der Waals surface area contributed by atoms with Crippen LogP contribution in [0.15, 0.2) is 47.5 Å². The molecule has 3 rings (SSSR count). The Kier molecular flexibility index (Phi) is 4.03. The molecule has 6 nitrogen and oxygen atoms in total. The fourth-order valence-electron chi connectivity index (χ4n) is 2.30. The quantitative estimate of drug-likeness (QED) is 0.771. The lowest BCUT2D eigenvalue weighted by Crippen LogP contribution is -2.34. The summed E-state index contributed by atoms with van der Waals surface area (Å²) in [6, 6.07) is 7.36. The molecule has 0 bridgehead atoms. The van der Waals surface area contributed by atoms with Crippen LogP contribution in [0.4, 0.5) is 10.1 Å². The smallest absolute Gasteiger partial charge is 0.283 e. The molecule has 3 N–H and O–H groups in total. The summed E-state index contributed by atoms with van der Waals surface area (Å²) in [6.07, 6.45) is 3.76. The second-order valence-corrected chi connectivity index (χ2v) is 5.11. The van der Waals surface area contributed by atoms with E-state index in [-0.39, 0.29) is 10.9 Å². The first-order chi connectivity index (χ1) is 11.1. The molecular formula is C16H16FN5O. The van der Waals surface area contributed by atoms with Gasteiger partial charge in [0.2, 0.25) is 0 Å². The highest BCUT2D eigenvalue weighted by Crippen LogP contribution is 2.17. The predicted molar refractivity (Wildman–Crippen MR) is 86.4 cm³/mol. The molecule has 0 spiro atoms. The van der Waals surface area contributed by atoms with Gasteiger partial charge in [-0.15, -0.1) is 0 Å². The molecule has 0 fully saturated rings. The summed E-state index contributed by atoms with van der Waals surface area (Å²) in [6.45, 7) is 1.89. The minimum Gasteiger partial charge on any atom is -0.321 e. The maximum Gasteiger partial charge on any atom is 0.283 e. The third-order valence-electron chi connectivity index (χ3n) is 3.55. The molecule has 0 aliphatic heterocycles. The molecule has 2 aromatic heterocycles. The van der Waals surface area contributed by atoms with Crippen LogP contribution < -0.4 is 16.7 Å². The highest BCUT2D eigenvalue weighted by Gasteiger charge is 2.18. The van der Waals surface area contributed by atoms with E-state index in [0.717, 1.165) is 0 Å². The minimum absolute atomic E-state index is 0.0732.